The minimum absolute atomic E-state index is 0.0257. The van der Waals surface area contributed by atoms with Gasteiger partial charge >= 0.3 is 0 Å². The zero-order valence-electron chi connectivity index (χ0n) is 24.6. The highest BCUT2D eigenvalue weighted by atomic mass is 16.5. The number of benzene rings is 3. The van der Waals surface area contributed by atoms with Crippen molar-refractivity contribution in [2.24, 2.45) is 5.92 Å². The fraction of sp³-hybridized carbons (Fsp3) is 0.294. The first-order valence-corrected chi connectivity index (χ1v) is 13.8. The van der Waals surface area contributed by atoms with E-state index in [9.17, 15) is 19.8 Å². The Hall–Kier alpha value is -4.40. The third-order valence-corrected chi connectivity index (χ3v) is 6.67. The molecule has 8 nitrogen and oxygen atoms in total. The maximum Gasteiger partial charge on any atom is 0.197 e. The van der Waals surface area contributed by atoms with Gasteiger partial charge in [-0.25, -0.2) is 0 Å². The highest BCUT2D eigenvalue weighted by molar-refractivity contribution is 6.28. The largest absolute Gasteiger partial charge is 0.488 e. The summed E-state index contributed by atoms with van der Waals surface area (Å²) < 4.78 is 11.8. The Bertz CT molecular complexity index is 1590. The van der Waals surface area contributed by atoms with E-state index < -0.39 is 23.3 Å². The lowest BCUT2D eigenvalue weighted by Gasteiger charge is -2.36. The summed E-state index contributed by atoms with van der Waals surface area (Å²) in [6, 6.07) is 18.0. The summed E-state index contributed by atoms with van der Waals surface area (Å²) in [5.41, 5.74) is 1.70. The van der Waals surface area contributed by atoms with Crippen LogP contribution in [0.3, 0.4) is 0 Å². The van der Waals surface area contributed by atoms with E-state index in [1.165, 1.54) is 12.2 Å². The molecule has 0 spiro atoms. The average molecular weight is 569 g/mol. The van der Waals surface area contributed by atoms with Crippen LogP contribution in [0.15, 0.2) is 84.5 Å². The first-order valence-electron chi connectivity index (χ1n) is 13.8. The summed E-state index contributed by atoms with van der Waals surface area (Å²) >= 11 is 0. The first-order chi connectivity index (χ1) is 19.6. The van der Waals surface area contributed by atoms with Crippen LogP contribution in [0.5, 0.6) is 11.5 Å². The van der Waals surface area contributed by atoms with Crippen LogP contribution in [0.1, 0.15) is 62.3 Å². The summed E-state index contributed by atoms with van der Waals surface area (Å²) in [4.78, 5) is 27.9. The van der Waals surface area contributed by atoms with Crippen LogP contribution >= 0.6 is 0 Å². The molecule has 0 heterocycles. The second-order valence-electron chi connectivity index (χ2n) is 12.5. The first kappa shape index (κ1) is 29.1. The number of hydrogen-bond acceptors (Lipinski definition) is 8. The standard InChI is InChI=1S/C34H36N2O6/c1-32(2,3)41-22-13-9-20(10-14-22)35-25-17-18-26(36-21-11-15-23(16-12-21)42-33(4,5)6)28-27(25)30(37)24-8-7-19-34(39,40)29(24)31(28)38/h7-19,29,35-36,39-40H,1-6H3. The van der Waals surface area contributed by atoms with Gasteiger partial charge in [0.2, 0.25) is 0 Å². The van der Waals surface area contributed by atoms with E-state index in [-0.39, 0.29) is 27.9 Å². The van der Waals surface area contributed by atoms with Crippen molar-refractivity contribution in [1.82, 2.24) is 0 Å². The van der Waals surface area contributed by atoms with Crippen LogP contribution in [0.2, 0.25) is 0 Å². The molecular weight excluding hydrogens is 532 g/mol. The van der Waals surface area contributed by atoms with Gasteiger partial charge < -0.3 is 30.3 Å². The number of anilines is 4. The van der Waals surface area contributed by atoms with Gasteiger partial charge in [0.15, 0.2) is 17.4 Å². The molecule has 4 N–H and O–H groups in total. The highest BCUT2D eigenvalue weighted by Gasteiger charge is 2.50. The molecule has 42 heavy (non-hydrogen) atoms. The maximum atomic E-state index is 14.0. The third kappa shape index (κ3) is 6.10. The second kappa shape index (κ2) is 10.5. The number of fused-ring (bicyclic) bond motifs is 2. The number of ether oxygens (including phenoxy) is 2. The fourth-order valence-corrected chi connectivity index (χ4v) is 5.08. The molecule has 1 unspecified atom stereocenters. The lowest BCUT2D eigenvalue weighted by Crippen LogP contribution is -2.47. The van der Waals surface area contributed by atoms with Crippen molar-refractivity contribution in [2.75, 3.05) is 10.6 Å². The number of nitrogens with one attached hydrogen (secondary N) is 2. The van der Waals surface area contributed by atoms with E-state index in [1.807, 2.05) is 90.1 Å². The normalized spacial score (nSPS) is 17.6. The summed E-state index contributed by atoms with van der Waals surface area (Å²) in [6.07, 6.45) is 3.96. The Morgan fingerprint density at radius 2 is 1.14 bits per heavy atom. The number of aliphatic hydroxyl groups is 2. The highest BCUT2D eigenvalue weighted by Crippen LogP contribution is 2.44. The Morgan fingerprint density at radius 3 is 1.60 bits per heavy atom. The molecule has 0 aromatic heterocycles. The van der Waals surface area contributed by atoms with Crippen molar-refractivity contribution < 1.29 is 29.3 Å². The summed E-state index contributed by atoms with van der Waals surface area (Å²) in [5, 5.41) is 27.9. The molecule has 0 saturated carbocycles. The number of hydrogen-bond donors (Lipinski definition) is 4. The molecule has 0 amide bonds. The van der Waals surface area contributed by atoms with Gasteiger partial charge in [0.05, 0.1) is 22.5 Å². The number of allylic oxidation sites excluding steroid dienone is 2. The molecule has 0 aliphatic heterocycles. The van der Waals surface area contributed by atoms with Crippen molar-refractivity contribution in [3.8, 4) is 11.5 Å². The van der Waals surface area contributed by atoms with Gasteiger partial charge in [-0.15, -0.1) is 0 Å². The van der Waals surface area contributed by atoms with Crippen LogP contribution in [-0.4, -0.2) is 38.8 Å². The summed E-state index contributed by atoms with van der Waals surface area (Å²) in [5.74, 6) is -3.59. The molecule has 0 radical (unpaired) electrons. The van der Waals surface area contributed by atoms with Gasteiger partial charge in [0, 0.05) is 16.9 Å². The number of carbonyl (C=O) groups is 2. The van der Waals surface area contributed by atoms with E-state index in [2.05, 4.69) is 10.6 Å². The van der Waals surface area contributed by atoms with Crippen molar-refractivity contribution in [3.05, 3.63) is 95.6 Å². The molecular formula is C34H36N2O6. The average Bonchev–Trinajstić information content (AvgIpc) is 2.88. The van der Waals surface area contributed by atoms with Crippen LogP contribution in [0, 0.1) is 5.92 Å². The lowest BCUT2D eigenvalue weighted by atomic mass is 9.71. The zero-order valence-corrected chi connectivity index (χ0v) is 24.6. The molecule has 3 aromatic carbocycles. The van der Waals surface area contributed by atoms with Crippen molar-refractivity contribution >= 4 is 34.3 Å². The number of ketones is 2. The molecule has 1 atom stereocenters. The second-order valence-corrected chi connectivity index (χ2v) is 12.5. The van der Waals surface area contributed by atoms with E-state index in [1.54, 1.807) is 12.1 Å². The quantitative estimate of drug-likeness (QED) is 0.243. The van der Waals surface area contributed by atoms with E-state index in [0.29, 0.717) is 34.2 Å². The third-order valence-electron chi connectivity index (χ3n) is 6.67. The van der Waals surface area contributed by atoms with E-state index in [4.69, 9.17) is 9.47 Å². The Balaban J connectivity index is 1.54. The minimum Gasteiger partial charge on any atom is -0.488 e. The molecule has 0 bridgehead atoms. The van der Waals surface area contributed by atoms with Gasteiger partial charge in [0.25, 0.3) is 0 Å². The van der Waals surface area contributed by atoms with E-state index in [0.717, 1.165) is 6.08 Å². The van der Waals surface area contributed by atoms with Gasteiger partial charge in [-0.05, 0) is 108 Å². The molecule has 3 aromatic rings. The minimum atomic E-state index is -2.50. The van der Waals surface area contributed by atoms with Crippen LogP contribution in [0.4, 0.5) is 22.7 Å². The van der Waals surface area contributed by atoms with E-state index >= 15 is 0 Å². The molecule has 0 saturated heterocycles. The number of Topliss-reactive ketones (excluding diaryl/α,β-unsaturated/α-hetero) is 2. The summed E-state index contributed by atoms with van der Waals surface area (Å²) in [6.45, 7) is 11.8. The summed E-state index contributed by atoms with van der Waals surface area (Å²) in [7, 11) is 0. The van der Waals surface area contributed by atoms with Gasteiger partial charge in [-0.1, -0.05) is 12.2 Å². The topological polar surface area (TPSA) is 117 Å². The monoisotopic (exact) mass is 568 g/mol. The predicted octanol–water partition coefficient (Wildman–Crippen LogP) is 6.70. The van der Waals surface area contributed by atoms with Crippen LogP contribution in [0.25, 0.3) is 0 Å². The SMILES string of the molecule is CC(C)(C)Oc1ccc(Nc2ccc(Nc3ccc(OC(C)(C)C)cc3)c3c2C(=O)C2=CC=CC(O)(O)C2C3=O)cc1. The molecule has 0 fully saturated rings. The lowest BCUT2D eigenvalue weighted by molar-refractivity contribution is -0.139. The van der Waals surface area contributed by atoms with Crippen molar-refractivity contribution in [3.63, 3.8) is 0 Å². The maximum absolute atomic E-state index is 14.0. The van der Waals surface area contributed by atoms with Crippen LogP contribution < -0.4 is 20.1 Å². The smallest absolute Gasteiger partial charge is 0.197 e. The van der Waals surface area contributed by atoms with Gasteiger partial charge in [0.1, 0.15) is 28.6 Å². The molecule has 2 aliphatic carbocycles. The Kier molecular flexibility index (Phi) is 7.25. The van der Waals surface area contributed by atoms with Crippen LogP contribution in [-0.2, 0) is 0 Å². The number of carbonyl (C=O) groups excluding carboxylic acids is 2. The molecule has 218 valence electrons. The Morgan fingerprint density at radius 1 is 0.690 bits per heavy atom. The molecule has 2 aliphatic rings. The van der Waals surface area contributed by atoms with Gasteiger partial charge in [-0.3, -0.25) is 9.59 Å². The predicted molar refractivity (Wildman–Crippen MR) is 163 cm³/mol. The molecule has 8 heteroatoms. The number of rotatable bonds is 6. The zero-order chi connectivity index (χ0) is 30.4. The fourth-order valence-electron chi connectivity index (χ4n) is 5.08. The van der Waals surface area contributed by atoms with Crippen molar-refractivity contribution in [1.29, 1.82) is 0 Å². The molecule has 5 rings (SSSR count). The Labute approximate surface area is 245 Å². The van der Waals surface area contributed by atoms with Crippen molar-refractivity contribution in [2.45, 2.75) is 58.5 Å². The van der Waals surface area contributed by atoms with Gasteiger partial charge in [-0.2, -0.15) is 0 Å².